The van der Waals surface area contributed by atoms with Gasteiger partial charge in [0, 0.05) is 30.2 Å². The zero-order valence-corrected chi connectivity index (χ0v) is 13.9. The predicted molar refractivity (Wildman–Crippen MR) is 94.8 cm³/mol. The molecule has 3 aromatic rings. The van der Waals surface area contributed by atoms with Gasteiger partial charge in [-0.15, -0.1) is 11.3 Å². The Hall–Kier alpha value is -2.64. The standard InChI is InChI=1S/C17H17N3O3S/c1-23-7-6-18-16(21)14-10-11-9-12(4-5-13(11)20-14)19-17(22)15-3-2-8-24-15/h2-5,8-10,20H,6-7H2,1H3,(H,18,21)(H,19,22). The van der Waals surface area contributed by atoms with E-state index in [0.29, 0.717) is 29.4 Å². The summed E-state index contributed by atoms with van der Waals surface area (Å²) in [5.41, 5.74) is 2.00. The predicted octanol–water partition coefficient (Wildman–Crippen LogP) is 2.86. The lowest BCUT2D eigenvalue weighted by molar-refractivity contribution is 0.0932. The monoisotopic (exact) mass is 343 g/mol. The highest BCUT2D eigenvalue weighted by Crippen LogP contribution is 2.21. The van der Waals surface area contributed by atoms with E-state index in [1.165, 1.54) is 11.3 Å². The maximum absolute atomic E-state index is 12.1. The van der Waals surface area contributed by atoms with Crippen molar-refractivity contribution >= 4 is 39.7 Å². The minimum absolute atomic E-state index is 0.141. The first-order chi connectivity index (χ1) is 11.7. The third-order valence-electron chi connectivity index (χ3n) is 3.46. The van der Waals surface area contributed by atoms with Gasteiger partial charge in [0.15, 0.2) is 0 Å². The Kier molecular flexibility index (Phi) is 4.93. The zero-order valence-electron chi connectivity index (χ0n) is 13.1. The van der Waals surface area contributed by atoms with Gasteiger partial charge >= 0.3 is 0 Å². The number of aromatic amines is 1. The van der Waals surface area contributed by atoms with Gasteiger partial charge in [-0.2, -0.15) is 0 Å². The van der Waals surface area contributed by atoms with Crippen molar-refractivity contribution in [3.8, 4) is 0 Å². The number of H-pyrrole nitrogens is 1. The van der Waals surface area contributed by atoms with Gasteiger partial charge in [0.1, 0.15) is 5.69 Å². The fourth-order valence-electron chi connectivity index (χ4n) is 2.30. The number of rotatable bonds is 6. The van der Waals surface area contributed by atoms with Gasteiger partial charge in [-0.05, 0) is 35.7 Å². The third kappa shape index (κ3) is 3.64. The van der Waals surface area contributed by atoms with E-state index < -0.39 is 0 Å². The van der Waals surface area contributed by atoms with Crippen LogP contribution in [0.5, 0.6) is 0 Å². The zero-order chi connectivity index (χ0) is 16.9. The van der Waals surface area contributed by atoms with Crippen molar-refractivity contribution in [2.75, 3.05) is 25.6 Å². The van der Waals surface area contributed by atoms with Gasteiger partial charge in [0.25, 0.3) is 11.8 Å². The molecule has 2 heterocycles. The molecular weight excluding hydrogens is 326 g/mol. The van der Waals surface area contributed by atoms with Gasteiger partial charge < -0.3 is 20.4 Å². The van der Waals surface area contributed by atoms with Crippen LogP contribution in [0.4, 0.5) is 5.69 Å². The molecule has 7 heteroatoms. The first kappa shape index (κ1) is 16.2. The number of hydrogen-bond donors (Lipinski definition) is 3. The highest BCUT2D eigenvalue weighted by atomic mass is 32.1. The number of methoxy groups -OCH3 is 1. The number of carbonyl (C=O) groups excluding carboxylic acids is 2. The molecule has 0 atom stereocenters. The van der Waals surface area contributed by atoms with Crippen LogP contribution in [-0.4, -0.2) is 37.1 Å². The molecule has 0 radical (unpaired) electrons. The van der Waals surface area contributed by atoms with Gasteiger partial charge in [-0.25, -0.2) is 0 Å². The molecule has 0 saturated carbocycles. The lowest BCUT2D eigenvalue weighted by Crippen LogP contribution is -2.27. The summed E-state index contributed by atoms with van der Waals surface area (Å²) in [5.74, 6) is -0.329. The quantitative estimate of drug-likeness (QED) is 0.602. The molecule has 2 amide bonds. The van der Waals surface area contributed by atoms with Crippen molar-refractivity contribution < 1.29 is 14.3 Å². The SMILES string of the molecule is COCCNC(=O)c1cc2cc(NC(=O)c3cccs3)ccc2[nH]1. The molecule has 2 aromatic heterocycles. The summed E-state index contributed by atoms with van der Waals surface area (Å²) in [4.78, 5) is 27.8. The molecule has 24 heavy (non-hydrogen) atoms. The second-order valence-corrected chi connectivity index (χ2v) is 6.11. The summed E-state index contributed by atoms with van der Waals surface area (Å²) < 4.78 is 4.91. The van der Waals surface area contributed by atoms with Crippen LogP contribution < -0.4 is 10.6 Å². The highest BCUT2D eigenvalue weighted by Gasteiger charge is 2.11. The van der Waals surface area contributed by atoms with Crippen LogP contribution in [0.15, 0.2) is 41.8 Å². The Morgan fingerprint density at radius 3 is 2.83 bits per heavy atom. The number of ether oxygens (including phenoxy) is 1. The van der Waals surface area contributed by atoms with E-state index >= 15 is 0 Å². The molecule has 6 nitrogen and oxygen atoms in total. The van der Waals surface area contributed by atoms with E-state index in [1.54, 1.807) is 25.3 Å². The fraction of sp³-hybridized carbons (Fsp3) is 0.176. The third-order valence-corrected chi connectivity index (χ3v) is 4.33. The topological polar surface area (TPSA) is 83.2 Å². The Balaban J connectivity index is 1.74. The highest BCUT2D eigenvalue weighted by molar-refractivity contribution is 7.12. The van der Waals surface area contributed by atoms with E-state index in [0.717, 1.165) is 10.9 Å². The summed E-state index contributed by atoms with van der Waals surface area (Å²) in [6.45, 7) is 0.914. The molecule has 0 aliphatic carbocycles. The molecule has 124 valence electrons. The van der Waals surface area contributed by atoms with Crippen molar-refractivity contribution in [1.29, 1.82) is 0 Å². The van der Waals surface area contributed by atoms with Crippen LogP contribution in [0.2, 0.25) is 0 Å². The van der Waals surface area contributed by atoms with Gasteiger partial charge in [-0.3, -0.25) is 9.59 Å². The molecule has 0 fully saturated rings. The number of nitrogens with one attached hydrogen (secondary N) is 3. The van der Waals surface area contributed by atoms with Crippen molar-refractivity contribution in [3.05, 3.63) is 52.3 Å². The summed E-state index contributed by atoms with van der Waals surface area (Å²) in [7, 11) is 1.58. The fourth-order valence-corrected chi connectivity index (χ4v) is 2.91. The van der Waals surface area contributed by atoms with Crippen LogP contribution in [0.3, 0.4) is 0 Å². The summed E-state index contributed by atoms with van der Waals surface area (Å²) in [6, 6.07) is 10.9. The number of hydrogen-bond acceptors (Lipinski definition) is 4. The van der Waals surface area contributed by atoms with E-state index in [-0.39, 0.29) is 11.8 Å². The molecule has 0 spiro atoms. The molecule has 0 saturated heterocycles. The van der Waals surface area contributed by atoms with Crippen molar-refractivity contribution in [1.82, 2.24) is 10.3 Å². The molecular formula is C17H17N3O3S. The lowest BCUT2D eigenvalue weighted by atomic mass is 10.2. The van der Waals surface area contributed by atoms with E-state index in [9.17, 15) is 9.59 Å². The molecule has 1 aromatic carbocycles. The van der Waals surface area contributed by atoms with Crippen LogP contribution in [0, 0.1) is 0 Å². The Morgan fingerprint density at radius 2 is 2.08 bits per heavy atom. The number of aromatic nitrogens is 1. The first-order valence-corrected chi connectivity index (χ1v) is 8.30. The second kappa shape index (κ2) is 7.29. The number of anilines is 1. The van der Waals surface area contributed by atoms with Crippen LogP contribution >= 0.6 is 11.3 Å². The Morgan fingerprint density at radius 1 is 1.21 bits per heavy atom. The van der Waals surface area contributed by atoms with Crippen LogP contribution in [-0.2, 0) is 4.74 Å². The van der Waals surface area contributed by atoms with Crippen molar-refractivity contribution in [2.24, 2.45) is 0 Å². The minimum atomic E-state index is -0.188. The number of amides is 2. The summed E-state index contributed by atoms with van der Waals surface area (Å²) in [5, 5.41) is 8.34. The lowest BCUT2D eigenvalue weighted by Gasteiger charge is -2.03. The normalized spacial score (nSPS) is 10.7. The average molecular weight is 343 g/mol. The van der Waals surface area contributed by atoms with Gasteiger partial charge in [0.2, 0.25) is 0 Å². The van der Waals surface area contributed by atoms with Crippen LogP contribution in [0.1, 0.15) is 20.2 Å². The maximum atomic E-state index is 12.1. The molecule has 3 N–H and O–H groups in total. The molecule has 0 unspecified atom stereocenters. The van der Waals surface area contributed by atoms with E-state index in [1.807, 2.05) is 23.6 Å². The summed E-state index contributed by atoms with van der Waals surface area (Å²) in [6.07, 6.45) is 0. The largest absolute Gasteiger partial charge is 0.383 e. The van der Waals surface area contributed by atoms with Gasteiger partial charge in [0.05, 0.1) is 11.5 Å². The van der Waals surface area contributed by atoms with Crippen molar-refractivity contribution in [3.63, 3.8) is 0 Å². The molecule has 0 aliphatic rings. The average Bonchev–Trinajstić information content (AvgIpc) is 3.24. The number of thiophene rings is 1. The summed E-state index contributed by atoms with van der Waals surface area (Å²) >= 11 is 1.39. The second-order valence-electron chi connectivity index (χ2n) is 5.17. The van der Waals surface area contributed by atoms with Crippen LogP contribution in [0.25, 0.3) is 10.9 Å². The Labute approximate surface area is 142 Å². The molecule has 0 aliphatic heterocycles. The first-order valence-electron chi connectivity index (χ1n) is 7.42. The van der Waals surface area contributed by atoms with Crippen molar-refractivity contribution in [2.45, 2.75) is 0 Å². The van der Waals surface area contributed by atoms with Gasteiger partial charge in [-0.1, -0.05) is 6.07 Å². The number of benzene rings is 1. The number of fused-ring (bicyclic) bond motifs is 1. The maximum Gasteiger partial charge on any atom is 0.267 e. The molecule has 3 rings (SSSR count). The minimum Gasteiger partial charge on any atom is -0.383 e. The smallest absolute Gasteiger partial charge is 0.267 e. The number of carbonyl (C=O) groups is 2. The van der Waals surface area contributed by atoms with E-state index in [4.69, 9.17) is 4.74 Å². The van der Waals surface area contributed by atoms with E-state index in [2.05, 4.69) is 15.6 Å². The Bertz CT molecular complexity index is 855. The molecule has 0 bridgehead atoms.